The zero-order valence-electron chi connectivity index (χ0n) is 14.9. The molecule has 1 rings (SSSR count). The largest absolute Gasteiger partial charge is 0.355 e. The minimum atomic E-state index is -0.651. The summed E-state index contributed by atoms with van der Waals surface area (Å²) >= 11 is 0. The Hall–Kier alpha value is -2.02. The topological polar surface area (TPSA) is 84.2 Å². The second-order valence-corrected chi connectivity index (χ2v) is 6.46. The van der Waals surface area contributed by atoms with Crippen molar-refractivity contribution >= 4 is 11.8 Å². The second-order valence-electron chi connectivity index (χ2n) is 6.46. The molecule has 0 fully saturated rings. The fourth-order valence-electron chi connectivity index (χ4n) is 2.51. The first-order chi connectivity index (χ1) is 11.7. The molecule has 1 unspecified atom stereocenters. The Labute approximate surface area is 147 Å². The van der Waals surface area contributed by atoms with Crippen molar-refractivity contribution in [3.8, 4) is 0 Å². The number of carbonyl (C=O) groups is 2. The van der Waals surface area contributed by atoms with Gasteiger partial charge in [0.25, 0.3) is 0 Å². The van der Waals surface area contributed by atoms with Crippen LogP contribution < -0.4 is 16.4 Å². The summed E-state index contributed by atoms with van der Waals surface area (Å²) in [6, 6.07) is 2.25. The van der Waals surface area contributed by atoms with Gasteiger partial charge in [0, 0.05) is 25.1 Å². The maximum Gasteiger partial charge on any atom is 0.242 e. The van der Waals surface area contributed by atoms with Crippen molar-refractivity contribution in [1.29, 1.82) is 0 Å². The van der Waals surface area contributed by atoms with Crippen LogP contribution in [0.5, 0.6) is 0 Å². The van der Waals surface area contributed by atoms with Crippen molar-refractivity contribution in [2.24, 2.45) is 11.7 Å². The molecule has 0 aliphatic carbocycles. The van der Waals surface area contributed by atoms with Crippen LogP contribution in [0.25, 0.3) is 0 Å². The van der Waals surface area contributed by atoms with Gasteiger partial charge < -0.3 is 16.4 Å². The lowest BCUT2D eigenvalue weighted by Gasteiger charge is -2.21. The normalized spacial score (nSPS) is 13.4. The lowest BCUT2D eigenvalue weighted by molar-refractivity contribution is -0.130. The molecule has 1 aromatic carbocycles. The van der Waals surface area contributed by atoms with Crippen LogP contribution in [0, 0.1) is 17.6 Å². The van der Waals surface area contributed by atoms with Gasteiger partial charge in [-0.05, 0) is 43.4 Å². The monoisotopic (exact) mass is 355 g/mol. The summed E-state index contributed by atoms with van der Waals surface area (Å²) in [5.74, 6) is -1.83. The highest BCUT2D eigenvalue weighted by Crippen LogP contribution is 2.11. The summed E-state index contributed by atoms with van der Waals surface area (Å²) in [5, 5.41) is 5.40. The zero-order valence-corrected chi connectivity index (χ0v) is 14.9. The van der Waals surface area contributed by atoms with E-state index in [0.717, 1.165) is 6.07 Å². The molecule has 1 aromatic rings. The van der Waals surface area contributed by atoms with E-state index in [2.05, 4.69) is 10.6 Å². The van der Waals surface area contributed by atoms with E-state index >= 15 is 0 Å². The number of nitrogens with two attached hydrogens (primary N) is 1. The van der Waals surface area contributed by atoms with Gasteiger partial charge in [0.15, 0.2) is 0 Å². The van der Waals surface area contributed by atoms with Gasteiger partial charge in [-0.1, -0.05) is 13.8 Å². The minimum absolute atomic E-state index is 0.0422. The van der Waals surface area contributed by atoms with Gasteiger partial charge in [0.2, 0.25) is 11.8 Å². The number of halogens is 2. The quantitative estimate of drug-likeness (QED) is 0.632. The van der Waals surface area contributed by atoms with Crippen LogP contribution in [-0.4, -0.2) is 30.4 Å². The van der Waals surface area contributed by atoms with Gasteiger partial charge in [0.05, 0.1) is 0 Å². The molecule has 5 nitrogen and oxygen atoms in total. The van der Waals surface area contributed by atoms with Gasteiger partial charge in [-0.15, -0.1) is 0 Å². The maximum atomic E-state index is 13.2. The molecule has 140 valence electrons. The van der Waals surface area contributed by atoms with Crippen LogP contribution in [0.4, 0.5) is 8.78 Å². The summed E-state index contributed by atoms with van der Waals surface area (Å²) in [5.41, 5.74) is 6.40. The number of rotatable bonds is 9. The van der Waals surface area contributed by atoms with E-state index in [0.29, 0.717) is 18.5 Å². The molecule has 0 saturated heterocycles. The molecule has 2 amide bonds. The standard InChI is InChI=1S/C18H27F2N3O2/c1-4-22-18(25)17(11(2)3)23-16(24)6-5-15(21)9-12-7-13(19)10-14(20)8-12/h7-8,10-11,15,17H,4-6,9,21H2,1-3H3,(H,22,25)(H,23,24)/t15-,17?/m1/s1. The van der Waals surface area contributed by atoms with Gasteiger partial charge in [-0.3, -0.25) is 9.59 Å². The highest BCUT2D eigenvalue weighted by molar-refractivity contribution is 5.87. The fourth-order valence-corrected chi connectivity index (χ4v) is 2.51. The van der Waals surface area contributed by atoms with E-state index in [4.69, 9.17) is 5.73 Å². The molecule has 2 atom stereocenters. The predicted molar refractivity (Wildman–Crippen MR) is 92.7 cm³/mol. The van der Waals surface area contributed by atoms with Crippen molar-refractivity contribution in [1.82, 2.24) is 10.6 Å². The van der Waals surface area contributed by atoms with Gasteiger partial charge in [-0.25, -0.2) is 8.78 Å². The Bertz CT molecular complexity index is 573. The van der Waals surface area contributed by atoms with E-state index in [-0.39, 0.29) is 30.6 Å². The number of benzene rings is 1. The summed E-state index contributed by atoms with van der Waals surface area (Å²) in [6.45, 7) is 6.01. The average molecular weight is 355 g/mol. The van der Waals surface area contributed by atoms with E-state index in [1.807, 2.05) is 20.8 Å². The molecule has 0 bridgehead atoms. The molecule has 25 heavy (non-hydrogen) atoms. The summed E-state index contributed by atoms with van der Waals surface area (Å²) in [7, 11) is 0. The van der Waals surface area contributed by atoms with E-state index in [1.54, 1.807) is 0 Å². The maximum absolute atomic E-state index is 13.2. The smallest absolute Gasteiger partial charge is 0.242 e. The van der Waals surface area contributed by atoms with Crippen molar-refractivity contribution < 1.29 is 18.4 Å². The van der Waals surface area contributed by atoms with Crippen molar-refractivity contribution in [3.05, 3.63) is 35.4 Å². The molecule has 0 spiro atoms. The van der Waals surface area contributed by atoms with Gasteiger partial charge in [-0.2, -0.15) is 0 Å². The van der Waals surface area contributed by atoms with Crippen molar-refractivity contribution in [2.45, 2.75) is 52.1 Å². The molecular formula is C18H27F2N3O2. The van der Waals surface area contributed by atoms with E-state index in [1.165, 1.54) is 12.1 Å². The Balaban J connectivity index is 2.50. The third kappa shape index (κ3) is 7.60. The number of amides is 2. The number of nitrogens with one attached hydrogen (secondary N) is 2. The Morgan fingerprint density at radius 1 is 1.16 bits per heavy atom. The summed E-state index contributed by atoms with van der Waals surface area (Å²) in [6.07, 6.45) is 0.762. The highest BCUT2D eigenvalue weighted by Gasteiger charge is 2.23. The van der Waals surface area contributed by atoms with Crippen LogP contribution in [0.1, 0.15) is 39.2 Å². The van der Waals surface area contributed by atoms with E-state index < -0.39 is 23.7 Å². The SMILES string of the molecule is CCNC(=O)C(NC(=O)CC[C@@H](N)Cc1cc(F)cc(F)c1)C(C)C. The number of hydrogen-bond acceptors (Lipinski definition) is 3. The summed E-state index contributed by atoms with van der Waals surface area (Å²) < 4.78 is 26.3. The van der Waals surface area contributed by atoms with Crippen LogP contribution in [0.3, 0.4) is 0 Å². The first-order valence-electron chi connectivity index (χ1n) is 8.50. The lowest BCUT2D eigenvalue weighted by atomic mass is 10.0. The average Bonchev–Trinajstić information content (AvgIpc) is 2.49. The molecule has 4 N–H and O–H groups in total. The fraction of sp³-hybridized carbons (Fsp3) is 0.556. The zero-order chi connectivity index (χ0) is 19.0. The predicted octanol–water partition coefficient (Wildman–Crippen LogP) is 1.89. The molecule has 0 aliphatic rings. The first kappa shape index (κ1) is 21.0. The molecule has 0 radical (unpaired) electrons. The molecule has 0 heterocycles. The number of likely N-dealkylation sites (N-methyl/N-ethyl adjacent to an activating group) is 1. The molecule has 0 aromatic heterocycles. The minimum Gasteiger partial charge on any atom is -0.355 e. The molecule has 7 heteroatoms. The number of carbonyl (C=O) groups excluding carboxylic acids is 2. The Morgan fingerprint density at radius 2 is 1.76 bits per heavy atom. The summed E-state index contributed by atoms with van der Waals surface area (Å²) in [4.78, 5) is 24.0. The van der Waals surface area contributed by atoms with Gasteiger partial charge >= 0.3 is 0 Å². The Morgan fingerprint density at radius 3 is 2.28 bits per heavy atom. The number of hydrogen-bond donors (Lipinski definition) is 3. The van der Waals surface area contributed by atoms with E-state index in [9.17, 15) is 18.4 Å². The molecule has 0 aliphatic heterocycles. The lowest BCUT2D eigenvalue weighted by Crippen LogP contribution is -2.49. The third-order valence-corrected chi connectivity index (χ3v) is 3.78. The van der Waals surface area contributed by atoms with Crippen LogP contribution >= 0.6 is 0 Å². The molecule has 0 saturated carbocycles. The first-order valence-corrected chi connectivity index (χ1v) is 8.50. The second kappa shape index (κ2) is 10.1. The van der Waals surface area contributed by atoms with Crippen LogP contribution in [0.2, 0.25) is 0 Å². The van der Waals surface area contributed by atoms with Crippen LogP contribution in [0.15, 0.2) is 18.2 Å². The third-order valence-electron chi connectivity index (χ3n) is 3.78. The Kier molecular flexibility index (Phi) is 8.48. The highest BCUT2D eigenvalue weighted by atomic mass is 19.1. The van der Waals surface area contributed by atoms with Crippen molar-refractivity contribution in [2.75, 3.05) is 6.54 Å². The molecular weight excluding hydrogens is 328 g/mol. The van der Waals surface area contributed by atoms with Crippen LogP contribution in [-0.2, 0) is 16.0 Å². The van der Waals surface area contributed by atoms with Gasteiger partial charge in [0.1, 0.15) is 17.7 Å². The van der Waals surface area contributed by atoms with Crippen molar-refractivity contribution in [3.63, 3.8) is 0 Å².